The number of hydrogen-bond acceptors (Lipinski definition) is 2. The second-order valence-corrected chi connectivity index (χ2v) is 4.15. The molecule has 3 heteroatoms. The van der Waals surface area contributed by atoms with Crippen LogP contribution in [0.15, 0.2) is 36.9 Å². The number of carbonyl (C=O) groups is 1. The summed E-state index contributed by atoms with van der Waals surface area (Å²) < 4.78 is 0. The van der Waals surface area contributed by atoms with Crippen LogP contribution < -0.4 is 4.90 Å². The average Bonchev–Trinajstić information content (AvgIpc) is 2.30. The highest BCUT2D eigenvalue weighted by molar-refractivity contribution is 5.67. The predicted octanol–water partition coefficient (Wildman–Crippen LogP) is 2.85. The number of nitrogens with zero attached hydrogens (tertiary/aromatic N) is 1. The van der Waals surface area contributed by atoms with E-state index in [1.807, 2.05) is 49.1 Å². The number of anilines is 1. The molecule has 0 amide bonds. The molecule has 0 saturated carbocycles. The van der Waals surface area contributed by atoms with Crippen LogP contribution in [0.5, 0.6) is 0 Å². The maximum atomic E-state index is 10.6. The van der Waals surface area contributed by atoms with Gasteiger partial charge in [-0.2, -0.15) is 0 Å². The standard InChI is InChI=1S/C14H19NO2/c1-4-12(3)15(10-9-14(16)17)13-7-5-11(2)6-8-13/h4-8,12H,1,9-10H2,2-3H3,(H,16,17). The minimum Gasteiger partial charge on any atom is -0.481 e. The molecule has 1 aromatic carbocycles. The molecule has 92 valence electrons. The van der Waals surface area contributed by atoms with Gasteiger partial charge in [0, 0.05) is 18.3 Å². The van der Waals surface area contributed by atoms with Gasteiger partial charge in [-0.15, -0.1) is 6.58 Å². The van der Waals surface area contributed by atoms with Crippen LogP contribution in [-0.2, 0) is 4.79 Å². The first kappa shape index (κ1) is 13.3. The highest BCUT2D eigenvalue weighted by atomic mass is 16.4. The first-order chi connectivity index (χ1) is 8.04. The zero-order valence-electron chi connectivity index (χ0n) is 10.4. The first-order valence-corrected chi connectivity index (χ1v) is 5.72. The highest BCUT2D eigenvalue weighted by Gasteiger charge is 2.12. The Morgan fingerprint density at radius 3 is 2.53 bits per heavy atom. The number of aliphatic carboxylic acids is 1. The summed E-state index contributed by atoms with van der Waals surface area (Å²) in [6.07, 6.45) is 1.95. The fourth-order valence-electron chi connectivity index (χ4n) is 1.65. The van der Waals surface area contributed by atoms with Gasteiger partial charge in [0.2, 0.25) is 0 Å². The Labute approximate surface area is 102 Å². The van der Waals surface area contributed by atoms with E-state index in [2.05, 4.69) is 6.58 Å². The van der Waals surface area contributed by atoms with E-state index < -0.39 is 5.97 Å². The van der Waals surface area contributed by atoms with Crippen LogP contribution in [0.1, 0.15) is 18.9 Å². The number of aryl methyl sites for hydroxylation is 1. The van der Waals surface area contributed by atoms with Crippen LogP contribution in [0.4, 0.5) is 5.69 Å². The molecule has 0 fully saturated rings. The molecule has 3 nitrogen and oxygen atoms in total. The maximum Gasteiger partial charge on any atom is 0.305 e. The van der Waals surface area contributed by atoms with Gasteiger partial charge in [-0.1, -0.05) is 23.8 Å². The molecule has 1 unspecified atom stereocenters. The van der Waals surface area contributed by atoms with Gasteiger partial charge in [-0.05, 0) is 26.0 Å². The minimum absolute atomic E-state index is 0.122. The summed E-state index contributed by atoms with van der Waals surface area (Å²) in [7, 11) is 0. The van der Waals surface area contributed by atoms with Gasteiger partial charge < -0.3 is 10.0 Å². The van der Waals surface area contributed by atoms with E-state index in [1.54, 1.807) is 0 Å². The van der Waals surface area contributed by atoms with Crippen molar-refractivity contribution in [3.8, 4) is 0 Å². The van der Waals surface area contributed by atoms with Crippen LogP contribution in [0, 0.1) is 6.92 Å². The summed E-state index contributed by atoms with van der Waals surface area (Å²) in [5.41, 5.74) is 2.22. The Kier molecular flexibility index (Phi) is 4.76. The Morgan fingerprint density at radius 2 is 2.06 bits per heavy atom. The lowest BCUT2D eigenvalue weighted by Gasteiger charge is -2.29. The van der Waals surface area contributed by atoms with E-state index in [1.165, 1.54) is 5.56 Å². The van der Waals surface area contributed by atoms with Crippen LogP contribution in [-0.4, -0.2) is 23.7 Å². The number of carboxylic acid groups (broad SMARTS) is 1. The molecule has 1 rings (SSSR count). The molecule has 0 aromatic heterocycles. The molecule has 1 N–H and O–H groups in total. The summed E-state index contributed by atoms with van der Waals surface area (Å²) >= 11 is 0. The lowest BCUT2D eigenvalue weighted by Crippen LogP contribution is -2.33. The third-order valence-electron chi connectivity index (χ3n) is 2.76. The number of hydrogen-bond donors (Lipinski definition) is 1. The topological polar surface area (TPSA) is 40.5 Å². The highest BCUT2D eigenvalue weighted by Crippen LogP contribution is 2.18. The molecular weight excluding hydrogens is 214 g/mol. The van der Waals surface area contributed by atoms with Crippen LogP contribution in [0.25, 0.3) is 0 Å². The van der Waals surface area contributed by atoms with Gasteiger partial charge in [0.05, 0.1) is 6.42 Å². The summed E-state index contributed by atoms with van der Waals surface area (Å²) in [5.74, 6) is -0.779. The number of carboxylic acids is 1. The molecule has 17 heavy (non-hydrogen) atoms. The monoisotopic (exact) mass is 233 g/mol. The van der Waals surface area contributed by atoms with Gasteiger partial charge in [0.15, 0.2) is 0 Å². The molecule has 1 atom stereocenters. The molecule has 1 aromatic rings. The van der Waals surface area contributed by atoms with E-state index >= 15 is 0 Å². The first-order valence-electron chi connectivity index (χ1n) is 5.72. The second-order valence-electron chi connectivity index (χ2n) is 4.15. The largest absolute Gasteiger partial charge is 0.481 e. The number of benzene rings is 1. The minimum atomic E-state index is -0.779. The van der Waals surface area contributed by atoms with E-state index in [0.29, 0.717) is 6.54 Å². The summed E-state index contributed by atoms with van der Waals surface area (Å²) in [4.78, 5) is 12.7. The van der Waals surface area contributed by atoms with Crippen molar-refractivity contribution in [2.75, 3.05) is 11.4 Å². The smallest absolute Gasteiger partial charge is 0.305 e. The molecule has 0 saturated heterocycles. The van der Waals surface area contributed by atoms with Gasteiger partial charge >= 0.3 is 5.97 Å². The lowest BCUT2D eigenvalue weighted by molar-refractivity contribution is -0.136. The summed E-state index contributed by atoms with van der Waals surface area (Å²) in [5, 5.41) is 8.76. The van der Waals surface area contributed by atoms with Gasteiger partial charge in [-0.3, -0.25) is 4.79 Å². The molecule has 0 radical (unpaired) electrons. The van der Waals surface area contributed by atoms with Crippen LogP contribution >= 0.6 is 0 Å². The molecule has 0 aliphatic rings. The Hall–Kier alpha value is -1.77. The third-order valence-corrected chi connectivity index (χ3v) is 2.76. The Bertz CT molecular complexity index is 384. The quantitative estimate of drug-likeness (QED) is 0.768. The molecule has 0 aliphatic carbocycles. The summed E-state index contributed by atoms with van der Waals surface area (Å²) in [6.45, 7) is 8.29. The van der Waals surface area contributed by atoms with Crippen molar-refractivity contribution < 1.29 is 9.90 Å². The normalized spacial score (nSPS) is 11.9. The lowest BCUT2D eigenvalue weighted by atomic mass is 10.1. The average molecular weight is 233 g/mol. The van der Waals surface area contributed by atoms with E-state index in [-0.39, 0.29) is 12.5 Å². The van der Waals surface area contributed by atoms with Gasteiger partial charge in [0.25, 0.3) is 0 Å². The molecule has 0 aliphatic heterocycles. The maximum absolute atomic E-state index is 10.6. The fraction of sp³-hybridized carbons (Fsp3) is 0.357. The van der Waals surface area contributed by atoms with Gasteiger partial charge in [0.1, 0.15) is 0 Å². The zero-order valence-corrected chi connectivity index (χ0v) is 10.4. The van der Waals surface area contributed by atoms with Crippen molar-refractivity contribution in [3.05, 3.63) is 42.5 Å². The van der Waals surface area contributed by atoms with Crippen molar-refractivity contribution in [1.82, 2.24) is 0 Å². The van der Waals surface area contributed by atoms with Gasteiger partial charge in [-0.25, -0.2) is 0 Å². The summed E-state index contributed by atoms with van der Waals surface area (Å²) in [6, 6.07) is 8.20. The Balaban J connectivity index is 2.85. The van der Waals surface area contributed by atoms with E-state index in [4.69, 9.17) is 5.11 Å². The van der Waals surface area contributed by atoms with E-state index in [9.17, 15) is 4.79 Å². The number of rotatable bonds is 6. The molecule has 0 heterocycles. The van der Waals surface area contributed by atoms with Crippen molar-refractivity contribution >= 4 is 11.7 Å². The zero-order chi connectivity index (χ0) is 12.8. The third kappa shape index (κ3) is 3.94. The van der Waals surface area contributed by atoms with E-state index in [0.717, 1.165) is 5.69 Å². The van der Waals surface area contributed by atoms with Crippen molar-refractivity contribution in [2.45, 2.75) is 26.3 Å². The van der Waals surface area contributed by atoms with Crippen molar-refractivity contribution in [2.24, 2.45) is 0 Å². The predicted molar refractivity (Wildman–Crippen MR) is 70.4 cm³/mol. The second kappa shape index (κ2) is 6.09. The molecule has 0 bridgehead atoms. The van der Waals surface area contributed by atoms with Crippen molar-refractivity contribution in [3.63, 3.8) is 0 Å². The Morgan fingerprint density at radius 1 is 1.47 bits per heavy atom. The molecular formula is C14H19NO2. The van der Waals surface area contributed by atoms with Crippen LogP contribution in [0.3, 0.4) is 0 Å². The van der Waals surface area contributed by atoms with Crippen LogP contribution in [0.2, 0.25) is 0 Å². The van der Waals surface area contributed by atoms with Crippen molar-refractivity contribution in [1.29, 1.82) is 0 Å². The SMILES string of the molecule is C=CC(C)N(CCC(=O)O)c1ccc(C)cc1. The molecule has 0 spiro atoms. The fourth-order valence-corrected chi connectivity index (χ4v) is 1.65.